The Kier molecular flexibility index (Phi) is 4.79. The van der Waals surface area contributed by atoms with Crippen molar-refractivity contribution < 1.29 is 8.94 Å². The first-order valence-corrected chi connectivity index (χ1v) is 9.83. The van der Waals surface area contributed by atoms with Crippen LogP contribution < -0.4 is 0 Å². The first-order chi connectivity index (χ1) is 15.1. The van der Waals surface area contributed by atoms with Crippen molar-refractivity contribution in [1.82, 2.24) is 35.1 Å². The van der Waals surface area contributed by atoms with Gasteiger partial charge in [0, 0.05) is 28.5 Å². The Morgan fingerprint density at radius 1 is 1.00 bits per heavy atom. The van der Waals surface area contributed by atoms with Crippen molar-refractivity contribution in [2.24, 2.45) is 0 Å². The molecule has 0 spiro atoms. The Morgan fingerprint density at radius 3 is 2.65 bits per heavy atom. The van der Waals surface area contributed by atoms with Gasteiger partial charge in [-0.05, 0) is 44.2 Å². The van der Waals surface area contributed by atoms with Gasteiger partial charge in [0.25, 0.3) is 5.89 Å². The maximum absolute atomic E-state index is 6.08. The monoisotopic (exact) mass is 433 g/mol. The van der Waals surface area contributed by atoms with Crippen molar-refractivity contribution in [3.8, 4) is 34.4 Å². The fourth-order valence-electron chi connectivity index (χ4n) is 3.11. The van der Waals surface area contributed by atoms with Crippen LogP contribution >= 0.6 is 11.6 Å². The van der Waals surface area contributed by atoms with Crippen LogP contribution in [0.15, 0.2) is 57.7 Å². The lowest BCUT2D eigenvalue weighted by molar-refractivity contribution is 0.430. The van der Waals surface area contributed by atoms with Crippen molar-refractivity contribution >= 4 is 11.6 Å². The predicted octanol–water partition coefficient (Wildman–Crippen LogP) is 4.36. The van der Waals surface area contributed by atoms with E-state index in [0.717, 1.165) is 22.5 Å². The molecule has 4 aromatic heterocycles. The molecule has 0 aliphatic carbocycles. The summed E-state index contributed by atoms with van der Waals surface area (Å²) in [5, 5.41) is 13.1. The smallest absolute Gasteiger partial charge is 0.280 e. The normalized spacial score (nSPS) is 11.2. The summed E-state index contributed by atoms with van der Waals surface area (Å²) in [6.07, 6.45) is 3.34. The number of benzene rings is 1. The molecule has 0 radical (unpaired) electrons. The Labute approximate surface area is 181 Å². The summed E-state index contributed by atoms with van der Waals surface area (Å²) in [5.74, 6) is 1.97. The molecule has 0 aliphatic rings. The summed E-state index contributed by atoms with van der Waals surface area (Å²) >= 11 is 6.08. The van der Waals surface area contributed by atoms with Crippen LogP contribution in [-0.2, 0) is 6.54 Å². The summed E-state index contributed by atoms with van der Waals surface area (Å²) in [5.41, 5.74) is 3.66. The van der Waals surface area contributed by atoms with Crippen LogP contribution in [0.25, 0.3) is 34.4 Å². The Morgan fingerprint density at radius 2 is 1.84 bits per heavy atom. The zero-order valence-electron chi connectivity index (χ0n) is 16.7. The van der Waals surface area contributed by atoms with Gasteiger partial charge in [0.1, 0.15) is 11.5 Å². The Bertz CT molecular complexity index is 1360. The molecule has 4 heterocycles. The summed E-state index contributed by atoms with van der Waals surface area (Å²) in [6.45, 7) is 4.14. The highest BCUT2D eigenvalue weighted by atomic mass is 35.5. The predicted molar refractivity (Wildman–Crippen MR) is 112 cm³/mol. The molecule has 154 valence electrons. The molecule has 5 aromatic rings. The summed E-state index contributed by atoms with van der Waals surface area (Å²) in [4.78, 5) is 13.0. The second kappa shape index (κ2) is 7.77. The fraction of sp³-hybridized carbons (Fsp3) is 0.143. The minimum Gasteiger partial charge on any atom is -0.441 e. The third-order valence-electron chi connectivity index (χ3n) is 4.81. The summed E-state index contributed by atoms with van der Waals surface area (Å²) < 4.78 is 13.0. The topological polar surface area (TPSA) is 109 Å². The van der Waals surface area contributed by atoms with Gasteiger partial charge in [0.15, 0.2) is 5.69 Å². The number of pyridine rings is 1. The van der Waals surface area contributed by atoms with Crippen molar-refractivity contribution in [2.75, 3.05) is 0 Å². The number of aryl methyl sites for hydroxylation is 1. The molecular formula is C21H16ClN7O2. The molecule has 1 aromatic carbocycles. The van der Waals surface area contributed by atoms with E-state index in [4.69, 9.17) is 20.5 Å². The SMILES string of the molecule is Cc1oc(-c2cccc(Cl)c2)nc1Cn1nnc(-c2nc(-c3ccncc3)no2)c1C. The lowest BCUT2D eigenvalue weighted by Gasteiger charge is -2.00. The molecule has 0 amide bonds. The molecule has 0 saturated heterocycles. The van der Waals surface area contributed by atoms with Gasteiger partial charge in [0.05, 0.1) is 12.2 Å². The summed E-state index contributed by atoms with van der Waals surface area (Å²) in [7, 11) is 0. The maximum Gasteiger partial charge on any atom is 0.280 e. The lowest BCUT2D eigenvalue weighted by atomic mass is 10.2. The van der Waals surface area contributed by atoms with Gasteiger partial charge in [-0.25, -0.2) is 9.67 Å². The molecule has 0 aliphatic heterocycles. The maximum atomic E-state index is 6.08. The van der Waals surface area contributed by atoms with E-state index < -0.39 is 0 Å². The zero-order chi connectivity index (χ0) is 21.4. The number of rotatable bonds is 5. The van der Waals surface area contributed by atoms with E-state index in [2.05, 4.69) is 30.4 Å². The molecule has 0 atom stereocenters. The van der Waals surface area contributed by atoms with E-state index in [9.17, 15) is 0 Å². The lowest BCUT2D eigenvalue weighted by Crippen LogP contribution is -2.05. The molecule has 5 rings (SSSR count). The molecule has 10 heteroatoms. The van der Waals surface area contributed by atoms with E-state index in [-0.39, 0.29) is 0 Å². The van der Waals surface area contributed by atoms with Crippen LogP contribution in [-0.4, -0.2) is 35.1 Å². The number of hydrogen-bond acceptors (Lipinski definition) is 8. The van der Waals surface area contributed by atoms with E-state index >= 15 is 0 Å². The van der Waals surface area contributed by atoms with E-state index in [1.807, 2.05) is 44.2 Å². The highest BCUT2D eigenvalue weighted by Gasteiger charge is 2.20. The van der Waals surface area contributed by atoms with Gasteiger partial charge in [-0.2, -0.15) is 4.98 Å². The Balaban J connectivity index is 1.41. The van der Waals surface area contributed by atoms with E-state index in [1.54, 1.807) is 23.1 Å². The van der Waals surface area contributed by atoms with Crippen LogP contribution in [0.3, 0.4) is 0 Å². The third kappa shape index (κ3) is 3.71. The standard InChI is InChI=1S/C21H16ClN7O2/c1-12-18(21-25-19(27-31-21)14-6-8-23-9-7-14)26-28-29(12)11-17-13(2)30-20(24-17)15-4-3-5-16(22)10-15/h3-10H,11H2,1-2H3. The van der Waals surface area contributed by atoms with Gasteiger partial charge in [-0.15, -0.1) is 5.10 Å². The van der Waals surface area contributed by atoms with Crippen LogP contribution in [0, 0.1) is 13.8 Å². The van der Waals surface area contributed by atoms with Gasteiger partial charge in [-0.3, -0.25) is 4.98 Å². The third-order valence-corrected chi connectivity index (χ3v) is 5.05. The average molecular weight is 434 g/mol. The van der Waals surface area contributed by atoms with E-state index in [1.165, 1.54) is 0 Å². The van der Waals surface area contributed by atoms with E-state index in [0.29, 0.717) is 40.6 Å². The first-order valence-electron chi connectivity index (χ1n) is 9.45. The average Bonchev–Trinajstić information content (AvgIpc) is 3.49. The first kappa shape index (κ1) is 19.1. The van der Waals surface area contributed by atoms with Crippen molar-refractivity contribution in [2.45, 2.75) is 20.4 Å². The number of nitrogens with zero attached hydrogens (tertiary/aromatic N) is 7. The number of aromatic nitrogens is 7. The molecule has 0 saturated carbocycles. The quantitative estimate of drug-likeness (QED) is 0.402. The molecular weight excluding hydrogens is 418 g/mol. The van der Waals surface area contributed by atoms with Gasteiger partial charge >= 0.3 is 0 Å². The van der Waals surface area contributed by atoms with Crippen molar-refractivity contribution in [3.63, 3.8) is 0 Å². The largest absolute Gasteiger partial charge is 0.441 e. The van der Waals surface area contributed by atoms with Gasteiger partial charge in [0.2, 0.25) is 11.7 Å². The second-order valence-corrected chi connectivity index (χ2v) is 7.31. The molecule has 0 fully saturated rings. The van der Waals surface area contributed by atoms with Crippen LogP contribution in [0.2, 0.25) is 5.02 Å². The molecule has 0 bridgehead atoms. The fourth-order valence-corrected chi connectivity index (χ4v) is 3.30. The highest BCUT2D eigenvalue weighted by molar-refractivity contribution is 6.30. The molecule has 31 heavy (non-hydrogen) atoms. The van der Waals surface area contributed by atoms with Crippen LogP contribution in [0.4, 0.5) is 0 Å². The number of hydrogen-bond donors (Lipinski definition) is 0. The molecule has 9 nitrogen and oxygen atoms in total. The van der Waals surface area contributed by atoms with Crippen molar-refractivity contribution in [1.29, 1.82) is 0 Å². The Hall–Kier alpha value is -3.85. The van der Waals surface area contributed by atoms with Crippen LogP contribution in [0.1, 0.15) is 17.1 Å². The molecule has 0 unspecified atom stereocenters. The van der Waals surface area contributed by atoms with Gasteiger partial charge in [-0.1, -0.05) is 28.0 Å². The highest BCUT2D eigenvalue weighted by Crippen LogP contribution is 2.26. The minimum absolute atomic E-state index is 0.298. The summed E-state index contributed by atoms with van der Waals surface area (Å²) in [6, 6.07) is 11.0. The number of halogens is 1. The van der Waals surface area contributed by atoms with Crippen molar-refractivity contribution in [3.05, 3.63) is 71.0 Å². The zero-order valence-corrected chi connectivity index (χ0v) is 17.4. The van der Waals surface area contributed by atoms with Gasteiger partial charge < -0.3 is 8.94 Å². The van der Waals surface area contributed by atoms with Crippen LogP contribution in [0.5, 0.6) is 0 Å². The number of oxazole rings is 1. The molecule has 0 N–H and O–H groups in total. The minimum atomic E-state index is 0.298. The second-order valence-electron chi connectivity index (χ2n) is 6.87.